The van der Waals surface area contributed by atoms with Crippen LogP contribution in [-0.2, 0) is 11.2 Å². The second-order valence-corrected chi connectivity index (χ2v) is 6.12. The summed E-state index contributed by atoms with van der Waals surface area (Å²) in [5.74, 6) is 0.703. The molecule has 0 spiro atoms. The van der Waals surface area contributed by atoms with Gasteiger partial charge < -0.3 is 14.5 Å². The van der Waals surface area contributed by atoms with E-state index in [2.05, 4.69) is 9.97 Å². The number of piperazine rings is 1. The fourth-order valence-corrected chi connectivity index (χ4v) is 2.86. The molecule has 0 bridgehead atoms. The average molecular weight is 380 g/mol. The Morgan fingerprint density at radius 2 is 1.85 bits per heavy atom. The van der Waals surface area contributed by atoms with Crippen LogP contribution in [0.1, 0.15) is 5.56 Å². The molecule has 0 saturated carbocycles. The zero-order valence-corrected chi connectivity index (χ0v) is 14.5. The number of anilines is 1. The van der Waals surface area contributed by atoms with Gasteiger partial charge in [-0.1, -0.05) is 18.2 Å². The molecule has 6 nitrogen and oxygen atoms in total. The van der Waals surface area contributed by atoms with Crippen LogP contribution >= 0.6 is 0 Å². The smallest absolute Gasteiger partial charge is 0.422 e. The molecule has 1 saturated heterocycles. The third kappa shape index (κ3) is 5.32. The normalized spacial score (nSPS) is 14.9. The summed E-state index contributed by atoms with van der Waals surface area (Å²) >= 11 is 0. The van der Waals surface area contributed by atoms with E-state index in [1.54, 1.807) is 41.7 Å². The third-order valence-corrected chi connectivity index (χ3v) is 4.21. The Balaban J connectivity index is 1.57. The van der Waals surface area contributed by atoms with Gasteiger partial charge in [0, 0.05) is 44.1 Å². The molecule has 0 N–H and O–H groups in total. The molecule has 1 aromatic heterocycles. The Bertz CT molecular complexity index is 763. The molecule has 0 aliphatic carbocycles. The van der Waals surface area contributed by atoms with Crippen molar-refractivity contribution in [1.82, 2.24) is 14.9 Å². The summed E-state index contributed by atoms with van der Waals surface area (Å²) < 4.78 is 42.0. The van der Waals surface area contributed by atoms with Crippen molar-refractivity contribution in [3.05, 3.63) is 48.4 Å². The van der Waals surface area contributed by atoms with Crippen molar-refractivity contribution >= 4 is 11.7 Å². The van der Waals surface area contributed by atoms with E-state index < -0.39 is 12.8 Å². The average Bonchev–Trinajstić information content (AvgIpc) is 2.67. The SMILES string of the molecule is O=C(Cc1ccccc1OCC(F)(F)F)N1CCN(c2cnccn2)CC1. The van der Waals surface area contributed by atoms with E-state index in [0.717, 1.165) is 5.82 Å². The first-order valence-electron chi connectivity index (χ1n) is 8.48. The fraction of sp³-hybridized carbons (Fsp3) is 0.389. The van der Waals surface area contributed by atoms with Crippen LogP contribution in [0.2, 0.25) is 0 Å². The lowest BCUT2D eigenvalue weighted by Crippen LogP contribution is -2.49. The number of benzene rings is 1. The van der Waals surface area contributed by atoms with Gasteiger partial charge in [-0.15, -0.1) is 0 Å². The molecular weight excluding hydrogens is 361 g/mol. The lowest BCUT2D eigenvalue weighted by molar-refractivity contribution is -0.153. The Morgan fingerprint density at radius 1 is 1.11 bits per heavy atom. The third-order valence-electron chi connectivity index (χ3n) is 4.21. The van der Waals surface area contributed by atoms with Gasteiger partial charge in [0.05, 0.1) is 12.6 Å². The first-order chi connectivity index (χ1) is 12.9. The molecule has 3 rings (SSSR count). The summed E-state index contributed by atoms with van der Waals surface area (Å²) in [7, 11) is 0. The second-order valence-electron chi connectivity index (χ2n) is 6.12. The molecule has 0 atom stereocenters. The minimum Gasteiger partial charge on any atom is -0.484 e. The van der Waals surface area contributed by atoms with Gasteiger partial charge >= 0.3 is 6.18 Å². The maximum absolute atomic E-state index is 12.6. The first-order valence-corrected chi connectivity index (χ1v) is 8.48. The predicted octanol–water partition coefficient (Wildman–Crippen LogP) is 2.31. The van der Waals surface area contributed by atoms with Gasteiger partial charge in [0.1, 0.15) is 11.6 Å². The van der Waals surface area contributed by atoms with Crippen molar-refractivity contribution in [1.29, 1.82) is 0 Å². The van der Waals surface area contributed by atoms with E-state index in [1.807, 2.05) is 4.90 Å². The van der Waals surface area contributed by atoms with Crippen LogP contribution < -0.4 is 9.64 Å². The van der Waals surface area contributed by atoms with Crippen LogP contribution in [0.25, 0.3) is 0 Å². The quantitative estimate of drug-likeness (QED) is 0.797. The number of hydrogen-bond donors (Lipinski definition) is 0. The standard InChI is InChI=1S/C18H19F3N4O2/c19-18(20,21)13-27-15-4-2-1-3-14(15)11-17(26)25-9-7-24(8-10-25)16-12-22-5-6-23-16/h1-6,12H,7-11,13H2. The molecule has 0 unspecified atom stereocenters. The molecule has 1 aromatic carbocycles. The number of carbonyl (C=O) groups excluding carboxylic acids is 1. The number of alkyl halides is 3. The molecule has 1 aliphatic rings. The highest BCUT2D eigenvalue weighted by Gasteiger charge is 2.29. The summed E-state index contributed by atoms with van der Waals surface area (Å²) in [6.45, 7) is 0.893. The zero-order valence-electron chi connectivity index (χ0n) is 14.5. The lowest BCUT2D eigenvalue weighted by atomic mass is 10.1. The Morgan fingerprint density at radius 3 is 2.52 bits per heavy atom. The maximum Gasteiger partial charge on any atom is 0.422 e. The predicted molar refractivity (Wildman–Crippen MR) is 92.5 cm³/mol. The van der Waals surface area contributed by atoms with Gasteiger partial charge in [0.15, 0.2) is 6.61 Å². The van der Waals surface area contributed by atoms with E-state index in [4.69, 9.17) is 4.74 Å². The van der Waals surface area contributed by atoms with E-state index in [-0.39, 0.29) is 18.1 Å². The van der Waals surface area contributed by atoms with Crippen molar-refractivity contribution in [3.8, 4) is 5.75 Å². The van der Waals surface area contributed by atoms with Gasteiger partial charge in [-0.2, -0.15) is 13.2 Å². The maximum atomic E-state index is 12.6. The van der Waals surface area contributed by atoms with Crippen LogP contribution in [0.4, 0.5) is 19.0 Å². The van der Waals surface area contributed by atoms with E-state index in [1.165, 1.54) is 6.07 Å². The summed E-state index contributed by atoms with van der Waals surface area (Å²) in [5.41, 5.74) is 0.447. The number of ether oxygens (including phenoxy) is 1. The number of para-hydroxylation sites is 1. The van der Waals surface area contributed by atoms with Crippen molar-refractivity contribution in [3.63, 3.8) is 0 Å². The van der Waals surface area contributed by atoms with Gasteiger partial charge in [0.2, 0.25) is 5.91 Å². The van der Waals surface area contributed by atoms with Gasteiger partial charge in [0.25, 0.3) is 0 Å². The number of halogens is 3. The highest BCUT2D eigenvalue weighted by atomic mass is 19.4. The number of rotatable bonds is 5. The highest BCUT2D eigenvalue weighted by molar-refractivity contribution is 5.79. The van der Waals surface area contributed by atoms with Crippen molar-refractivity contribution in [2.24, 2.45) is 0 Å². The van der Waals surface area contributed by atoms with Gasteiger partial charge in [-0.25, -0.2) is 4.98 Å². The number of aromatic nitrogens is 2. The monoisotopic (exact) mass is 380 g/mol. The van der Waals surface area contributed by atoms with E-state index in [9.17, 15) is 18.0 Å². The summed E-state index contributed by atoms with van der Waals surface area (Å²) in [6.07, 6.45) is 0.463. The van der Waals surface area contributed by atoms with Gasteiger partial charge in [-0.3, -0.25) is 9.78 Å². The number of carbonyl (C=O) groups is 1. The zero-order chi connectivity index (χ0) is 19.3. The van der Waals surface area contributed by atoms with Crippen LogP contribution in [0, 0.1) is 0 Å². The number of nitrogens with zero attached hydrogens (tertiary/aromatic N) is 4. The molecule has 1 fully saturated rings. The Labute approximate surface area is 154 Å². The minimum absolute atomic E-state index is 0.000820. The molecule has 1 aliphatic heterocycles. The van der Waals surface area contributed by atoms with Gasteiger partial charge in [-0.05, 0) is 6.07 Å². The molecular formula is C18H19F3N4O2. The molecule has 2 heterocycles. The van der Waals surface area contributed by atoms with Crippen molar-refractivity contribution < 1.29 is 22.7 Å². The number of amides is 1. The van der Waals surface area contributed by atoms with Crippen LogP contribution in [0.5, 0.6) is 5.75 Å². The van der Waals surface area contributed by atoms with Crippen LogP contribution in [0.3, 0.4) is 0 Å². The van der Waals surface area contributed by atoms with E-state index in [0.29, 0.717) is 31.7 Å². The van der Waals surface area contributed by atoms with Crippen molar-refractivity contribution in [2.45, 2.75) is 12.6 Å². The fourth-order valence-electron chi connectivity index (χ4n) is 2.86. The largest absolute Gasteiger partial charge is 0.484 e. The Kier molecular flexibility index (Phi) is 5.78. The topological polar surface area (TPSA) is 58.6 Å². The summed E-state index contributed by atoms with van der Waals surface area (Å²) in [5, 5.41) is 0. The molecule has 1 amide bonds. The number of hydrogen-bond acceptors (Lipinski definition) is 5. The Hall–Kier alpha value is -2.84. The van der Waals surface area contributed by atoms with E-state index >= 15 is 0 Å². The summed E-state index contributed by atoms with van der Waals surface area (Å²) in [6, 6.07) is 6.31. The van der Waals surface area contributed by atoms with Crippen LogP contribution in [0.15, 0.2) is 42.9 Å². The highest BCUT2D eigenvalue weighted by Crippen LogP contribution is 2.23. The molecule has 144 valence electrons. The molecule has 2 aromatic rings. The molecule has 0 radical (unpaired) electrons. The molecule has 9 heteroatoms. The minimum atomic E-state index is -4.42. The van der Waals surface area contributed by atoms with Crippen molar-refractivity contribution in [2.75, 3.05) is 37.7 Å². The summed E-state index contributed by atoms with van der Waals surface area (Å²) in [4.78, 5) is 24.6. The first kappa shape index (κ1) is 18.9. The molecule has 27 heavy (non-hydrogen) atoms. The lowest BCUT2D eigenvalue weighted by Gasteiger charge is -2.35. The second kappa shape index (κ2) is 8.24. The van der Waals surface area contributed by atoms with Crippen LogP contribution in [-0.4, -0.2) is 59.7 Å².